The van der Waals surface area contributed by atoms with E-state index in [0.29, 0.717) is 18.5 Å². The van der Waals surface area contributed by atoms with Gasteiger partial charge in [0.25, 0.3) is 0 Å². The molecule has 1 aromatic rings. The van der Waals surface area contributed by atoms with Crippen molar-refractivity contribution in [1.29, 1.82) is 0 Å². The third-order valence-electron chi connectivity index (χ3n) is 4.77. The Morgan fingerprint density at radius 3 is 2.76 bits per heavy atom. The number of benzene rings is 1. The van der Waals surface area contributed by atoms with Gasteiger partial charge in [0.15, 0.2) is 17.5 Å². The van der Waals surface area contributed by atoms with Crippen molar-refractivity contribution in [2.45, 2.75) is 37.4 Å². The van der Waals surface area contributed by atoms with Crippen molar-refractivity contribution in [2.24, 2.45) is 4.99 Å². The van der Waals surface area contributed by atoms with Gasteiger partial charge in [0.1, 0.15) is 13.2 Å². The van der Waals surface area contributed by atoms with Crippen LogP contribution in [-0.4, -0.2) is 50.3 Å². The Morgan fingerprint density at radius 2 is 2.04 bits per heavy atom. The molecule has 0 amide bonds. The van der Waals surface area contributed by atoms with Gasteiger partial charge in [-0.25, -0.2) is 0 Å². The molecule has 2 N–H and O–H groups in total. The van der Waals surface area contributed by atoms with Gasteiger partial charge in [0.2, 0.25) is 0 Å². The van der Waals surface area contributed by atoms with Crippen LogP contribution in [0.2, 0.25) is 0 Å². The summed E-state index contributed by atoms with van der Waals surface area (Å²) in [4.78, 5) is 4.36. The fourth-order valence-corrected chi connectivity index (χ4v) is 4.31. The van der Waals surface area contributed by atoms with E-state index in [1.165, 1.54) is 24.2 Å². The Labute approximate surface area is 155 Å². The quantitative estimate of drug-likeness (QED) is 0.622. The minimum atomic E-state index is -0.0461. The average molecular weight is 364 g/mol. The molecule has 1 unspecified atom stereocenters. The maximum Gasteiger partial charge on any atom is 0.191 e. The minimum Gasteiger partial charge on any atom is -0.486 e. The van der Waals surface area contributed by atoms with E-state index >= 15 is 0 Å². The molecular formula is C19H29N3O2S. The molecule has 0 saturated carbocycles. The predicted octanol–water partition coefficient (Wildman–Crippen LogP) is 2.80. The first-order valence-electron chi connectivity index (χ1n) is 9.05. The summed E-state index contributed by atoms with van der Waals surface area (Å²) in [5, 5.41) is 7.64. The lowest BCUT2D eigenvalue weighted by Gasteiger charge is -2.28. The van der Waals surface area contributed by atoms with Gasteiger partial charge in [-0.05, 0) is 36.3 Å². The molecule has 5 nitrogen and oxygen atoms in total. The molecule has 1 aromatic carbocycles. The van der Waals surface area contributed by atoms with Crippen LogP contribution in [0.4, 0.5) is 0 Å². The van der Waals surface area contributed by atoms with Crippen molar-refractivity contribution in [3.63, 3.8) is 0 Å². The maximum absolute atomic E-state index is 5.72. The molecule has 0 aliphatic carbocycles. The van der Waals surface area contributed by atoms with Gasteiger partial charge < -0.3 is 20.1 Å². The first kappa shape index (κ1) is 18.2. The Morgan fingerprint density at radius 1 is 1.24 bits per heavy atom. The van der Waals surface area contributed by atoms with Gasteiger partial charge >= 0.3 is 0 Å². The number of ether oxygens (including phenoxy) is 2. The van der Waals surface area contributed by atoms with Gasteiger partial charge in [-0.1, -0.05) is 19.9 Å². The topological polar surface area (TPSA) is 54.9 Å². The second-order valence-corrected chi connectivity index (χ2v) is 8.59. The van der Waals surface area contributed by atoms with Gasteiger partial charge in [-0.15, -0.1) is 0 Å². The Hall–Kier alpha value is -1.56. The number of aliphatic imine (C=N–C) groups is 1. The zero-order chi connectivity index (χ0) is 17.7. The van der Waals surface area contributed by atoms with Crippen molar-refractivity contribution < 1.29 is 9.47 Å². The molecule has 138 valence electrons. The number of hydrogen-bond donors (Lipinski definition) is 2. The van der Waals surface area contributed by atoms with Crippen molar-refractivity contribution in [3.05, 3.63) is 23.8 Å². The molecule has 2 heterocycles. The second kappa shape index (κ2) is 8.21. The zero-order valence-electron chi connectivity index (χ0n) is 15.4. The van der Waals surface area contributed by atoms with Crippen LogP contribution < -0.4 is 20.1 Å². The lowest BCUT2D eigenvalue weighted by molar-refractivity contribution is 0.171. The number of guanidine groups is 1. The van der Waals surface area contributed by atoms with Crippen molar-refractivity contribution in [3.8, 4) is 11.5 Å². The Kier molecular flexibility index (Phi) is 5.99. The molecule has 0 radical (unpaired) electrons. The number of hydrogen-bond acceptors (Lipinski definition) is 4. The summed E-state index contributed by atoms with van der Waals surface area (Å²) in [6, 6.07) is 6.23. The number of thioether (sulfide) groups is 1. The van der Waals surface area contributed by atoms with Gasteiger partial charge in [0, 0.05) is 30.8 Å². The first-order chi connectivity index (χ1) is 12.1. The van der Waals surface area contributed by atoms with E-state index in [9.17, 15) is 0 Å². The number of nitrogens with one attached hydrogen (secondary N) is 2. The van der Waals surface area contributed by atoms with Crippen molar-refractivity contribution >= 4 is 17.7 Å². The summed E-state index contributed by atoms with van der Waals surface area (Å²) < 4.78 is 11.3. The van der Waals surface area contributed by atoms with E-state index in [-0.39, 0.29) is 5.41 Å². The summed E-state index contributed by atoms with van der Waals surface area (Å²) in [7, 11) is 1.83. The largest absolute Gasteiger partial charge is 0.486 e. The molecule has 1 atom stereocenters. The highest BCUT2D eigenvalue weighted by Crippen LogP contribution is 2.34. The third kappa shape index (κ3) is 4.75. The number of nitrogens with zero attached hydrogens (tertiary/aromatic N) is 1. The molecule has 6 heteroatoms. The van der Waals surface area contributed by atoms with Crippen molar-refractivity contribution in [2.75, 3.05) is 39.1 Å². The Balaban J connectivity index is 1.56. The molecular weight excluding hydrogens is 334 g/mol. The van der Waals surface area contributed by atoms with E-state index in [2.05, 4.69) is 53.4 Å². The van der Waals surface area contributed by atoms with Crippen LogP contribution in [0, 0.1) is 0 Å². The summed E-state index contributed by atoms with van der Waals surface area (Å²) in [6.07, 6.45) is 2.64. The van der Waals surface area contributed by atoms with Gasteiger partial charge in [0.05, 0.1) is 0 Å². The minimum absolute atomic E-state index is 0.0461. The molecule has 3 rings (SSSR count). The first-order valence-corrected chi connectivity index (χ1v) is 10.1. The van der Waals surface area contributed by atoms with E-state index < -0.39 is 0 Å². The van der Waals surface area contributed by atoms with E-state index in [4.69, 9.17) is 9.47 Å². The smallest absolute Gasteiger partial charge is 0.191 e. The summed E-state index contributed by atoms with van der Waals surface area (Å²) >= 11 is 2.06. The van der Waals surface area contributed by atoms with Crippen molar-refractivity contribution in [1.82, 2.24) is 10.6 Å². The fourth-order valence-electron chi connectivity index (χ4n) is 3.11. The second-order valence-electron chi connectivity index (χ2n) is 7.18. The monoisotopic (exact) mass is 363 g/mol. The van der Waals surface area contributed by atoms with Gasteiger partial charge in [-0.3, -0.25) is 4.99 Å². The number of rotatable bonds is 5. The van der Waals surface area contributed by atoms with Crippen LogP contribution in [-0.2, 0) is 5.41 Å². The highest BCUT2D eigenvalue weighted by Gasteiger charge is 2.24. The summed E-state index contributed by atoms with van der Waals surface area (Å²) in [5.41, 5.74) is 1.18. The highest BCUT2D eigenvalue weighted by atomic mass is 32.2. The van der Waals surface area contributed by atoms with Crippen LogP contribution in [0.15, 0.2) is 23.2 Å². The molecule has 0 aromatic heterocycles. The number of fused-ring (bicyclic) bond motifs is 1. The van der Waals surface area contributed by atoms with E-state index in [1.807, 2.05) is 13.1 Å². The lowest BCUT2D eigenvalue weighted by atomic mass is 9.84. The SMILES string of the molecule is CN=C(NCC1CCCS1)NCC(C)(C)c1ccc2c(c1)OCCO2. The van der Waals surface area contributed by atoms with Crippen LogP contribution in [0.3, 0.4) is 0 Å². The van der Waals surface area contributed by atoms with Crippen LogP contribution in [0.25, 0.3) is 0 Å². The summed E-state index contributed by atoms with van der Waals surface area (Å²) in [5.74, 6) is 3.84. The zero-order valence-corrected chi connectivity index (χ0v) is 16.2. The molecule has 1 saturated heterocycles. The average Bonchev–Trinajstić information content (AvgIpc) is 3.15. The highest BCUT2D eigenvalue weighted by molar-refractivity contribution is 8.00. The van der Waals surface area contributed by atoms with Crippen LogP contribution in [0.1, 0.15) is 32.3 Å². The molecule has 1 fully saturated rings. The third-order valence-corrected chi connectivity index (χ3v) is 6.16. The Bertz CT molecular complexity index is 613. The normalized spacial score (nSPS) is 20.4. The van der Waals surface area contributed by atoms with E-state index in [0.717, 1.165) is 30.5 Å². The maximum atomic E-state index is 5.72. The van der Waals surface area contributed by atoms with Gasteiger partial charge in [-0.2, -0.15) is 11.8 Å². The molecule has 2 aliphatic heterocycles. The predicted molar refractivity (Wildman–Crippen MR) is 105 cm³/mol. The molecule has 0 bridgehead atoms. The standard InChI is InChI=1S/C19H29N3O2S/c1-19(2,14-6-7-16-17(11-14)24-9-8-23-16)13-22-18(20-3)21-12-15-5-4-10-25-15/h6-7,11,15H,4-5,8-10,12-13H2,1-3H3,(H2,20,21,22). The molecule has 2 aliphatic rings. The molecule has 0 spiro atoms. The fraction of sp³-hybridized carbons (Fsp3) is 0.632. The van der Waals surface area contributed by atoms with Crippen LogP contribution in [0.5, 0.6) is 11.5 Å². The summed E-state index contributed by atoms with van der Waals surface area (Å²) in [6.45, 7) is 7.47. The lowest BCUT2D eigenvalue weighted by Crippen LogP contribution is -2.45. The van der Waals surface area contributed by atoms with Crippen LogP contribution >= 0.6 is 11.8 Å². The molecule has 25 heavy (non-hydrogen) atoms. The van der Waals surface area contributed by atoms with E-state index in [1.54, 1.807) is 0 Å².